The van der Waals surface area contributed by atoms with Gasteiger partial charge in [0.2, 0.25) is 0 Å². The third-order valence-corrected chi connectivity index (χ3v) is 4.28. The van der Waals surface area contributed by atoms with Crippen molar-refractivity contribution in [2.75, 3.05) is 0 Å². The minimum atomic E-state index is -0.849. The molecule has 0 radical (unpaired) electrons. The molecule has 0 aliphatic rings. The first-order valence-electron chi connectivity index (χ1n) is 6.74. The molecule has 106 valence electrons. The Morgan fingerprint density at radius 1 is 1.25 bits per heavy atom. The maximum Gasteiger partial charge on any atom is 0.345 e. The highest BCUT2D eigenvalue weighted by molar-refractivity contribution is 7.13. The summed E-state index contributed by atoms with van der Waals surface area (Å²) in [4.78, 5) is 12.3. The van der Waals surface area contributed by atoms with E-state index in [1.54, 1.807) is 6.07 Å². The number of hydrogen-bond donors (Lipinski definition) is 2. The van der Waals surface area contributed by atoms with Crippen molar-refractivity contribution in [1.29, 1.82) is 0 Å². The van der Waals surface area contributed by atoms with Gasteiger partial charge in [-0.05, 0) is 37.5 Å². The zero-order valence-electron chi connectivity index (χ0n) is 11.5. The van der Waals surface area contributed by atoms with Crippen LogP contribution in [0.25, 0.3) is 0 Å². The topological polar surface area (TPSA) is 49.3 Å². The molecule has 0 spiro atoms. The Bertz CT molecular complexity index is 551. The molecule has 0 fully saturated rings. The Morgan fingerprint density at radius 3 is 2.65 bits per heavy atom. The van der Waals surface area contributed by atoms with Crippen molar-refractivity contribution in [3.63, 3.8) is 0 Å². The number of carboxylic acids is 1. The second-order valence-corrected chi connectivity index (χ2v) is 6.05. The van der Waals surface area contributed by atoms with Crippen LogP contribution in [-0.4, -0.2) is 17.1 Å². The third kappa shape index (κ3) is 4.47. The highest BCUT2D eigenvalue weighted by atomic mass is 32.1. The average molecular weight is 289 g/mol. The molecule has 0 bridgehead atoms. The summed E-state index contributed by atoms with van der Waals surface area (Å²) in [5.41, 5.74) is 1.35. The summed E-state index contributed by atoms with van der Waals surface area (Å²) in [5, 5.41) is 12.3. The summed E-state index contributed by atoms with van der Waals surface area (Å²) in [6.45, 7) is 2.89. The number of nitrogens with one attached hydrogen (secondary N) is 1. The molecule has 0 amide bonds. The zero-order valence-corrected chi connectivity index (χ0v) is 12.3. The summed E-state index contributed by atoms with van der Waals surface area (Å²) in [6.07, 6.45) is 2.13. The van der Waals surface area contributed by atoms with Crippen molar-refractivity contribution in [2.45, 2.75) is 32.4 Å². The lowest BCUT2D eigenvalue weighted by Gasteiger charge is -2.12. The average Bonchev–Trinajstić information content (AvgIpc) is 2.93. The molecule has 1 aromatic heterocycles. The van der Waals surface area contributed by atoms with Gasteiger partial charge in [-0.15, -0.1) is 11.3 Å². The minimum Gasteiger partial charge on any atom is -0.477 e. The summed E-state index contributed by atoms with van der Waals surface area (Å²) in [7, 11) is 0. The predicted octanol–water partition coefficient (Wildman–Crippen LogP) is 3.56. The molecular weight excluding hydrogens is 270 g/mol. The largest absolute Gasteiger partial charge is 0.477 e. The molecule has 2 aromatic rings. The molecule has 1 aromatic carbocycles. The smallest absolute Gasteiger partial charge is 0.345 e. The highest BCUT2D eigenvalue weighted by Crippen LogP contribution is 2.16. The number of carboxylic acid groups (broad SMARTS) is 1. The van der Waals surface area contributed by atoms with Gasteiger partial charge in [-0.3, -0.25) is 0 Å². The van der Waals surface area contributed by atoms with E-state index in [2.05, 4.69) is 36.5 Å². The van der Waals surface area contributed by atoms with E-state index in [1.165, 1.54) is 16.9 Å². The van der Waals surface area contributed by atoms with Crippen LogP contribution in [-0.2, 0) is 13.0 Å². The third-order valence-electron chi connectivity index (χ3n) is 3.21. The standard InChI is InChI=1S/C16H19NO2S/c1-12(7-8-13-5-3-2-4-6-13)17-11-14-9-10-15(20-14)16(18)19/h2-6,9-10,12,17H,7-8,11H2,1H3,(H,18,19)/t12-/m0/s1. The second-order valence-electron chi connectivity index (χ2n) is 4.88. The first-order chi connectivity index (χ1) is 9.65. The van der Waals surface area contributed by atoms with Crippen molar-refractivity contribution < 1.29 is 9.90 Å². The van der Waals surface area contributed by atoms with Crippen LogP contribution in [0.3, 0.4) is 0 Å². The number of carbonyl (C=O) groups is 1. The lowest BCUT2D eigenvalue weighted by molar-refractivity contribution is 0.0702. The lowest BCUT2D eigenvalue weighted by Crippen LogP contribution is -2.25. The molecule has 0 saturated carbocycles. The van der Waals surface area contributed by atoms with Gasteiger partial charge in [0.15, 0.2) is 0 Å². The van der Waals surface area contributed by atoms with Crippen molar-refractivity contribution >= 4 is 17.3 Å². The number of hydrogen-bond acceptors (Lipinski definition) is 3. The Labute approximate surface area is 123 Å². The van der Waals surface area contributed by atoms with Crippen LogP contribution < -0.4 is 5.32 Å². The number of benzene rings is 1. The van der Waals surface area contributed by atoms with Crippen LogP contribution in [0.4, 0.5) is 0 Å². The fourth-order valence-electron chi connectivity index (χ4n) is 1.99. The van der Waals surface area contributed by atoms with Crippen LogP contribution in [0.2, 0.25) is 0 Å². The van der Waals surface area contributed by atoms with Crippen LogP contribution in [0, 0.1) is 0 Å². The van der Waals surface area contributed by atoms with Crippen LogP contribution >= 0.6 is 11.3 Å². The normalized spacial score (nSPS) is 12.2. The summed E-state index contributed by atoms with van der Waals surface area (Å²) >= 11 is 1.34. The van der Waals surface area contributed by atoms with Crippen molar-refractivity contribution in [3.05, 3.63) is 57.8 Å². The fourth-order valence-corrected chi connectivity index (χ4v) is 2.79. The first kappa shape index (κ1) is 14.8. The van der Waals surface area contributed by atoms with Gasteiger partial charge in [-0.2, -0.15) is 0 Å². The van der Waals surface area contributed by atoms with Crippen LogP contribution in [0.15, 0.2) is 42.5 Å². The maximum atomic E-state index is 10.8. The van der Waals surface area contributed by atoms with Gasteiger partial charge in [0.1, 0.15) is 4.88 Å². The van der Waals surface area contributed by atoms with Gasteiger partial charge in [0.05, 0.1) is 0 Å². The Morgan fingerprint density at radius 2 is 2.00 bits per heavy atom. The van der Waals surface area contributed by atoms with Gasteiger partial charge in [-0.1, -0.05) is 30.3 Å². The molecule has 2 N–H and O–H groups in total. The van der Waals surface area contributed by atoms with Gasteiger partial charge in [0, 0.05) is 17.5 Å². The fraction of sp³-hybridized carbons (Fsp3) is 0.312. The van der Waals surface area contributed by atoms with E-state index in [0.717, 1.165) is 24.3 Å². The van der Waals surface area contributed by atoms with E-state index >= 15 is 0 Å². The van der Waals surface area contributed by atoms with E-state index in [9.17, 15) is 4.79 Å². The van der Waals surface area contributed by atoms with E-state index < -0.39 is 5.97 Å². The maximum absolute atomic E-state index is 10.8. The van der Waals surface area contributed by atoms with E-state index in [1.807, 2.05) is 12.1 Å². The van der Waals surface area contributed by atoms with Crippen molar-refractivity contribution in [1.82, 2.24) is 5.32 Å². The summed E-state index contributed by atoms with van der Waals surface area (Å²) in [5.74, 6) is -0.849. The molecule has 4 heteroatoms. The van der Waals surface area contributed by atoms with Crippen LogP contribution in [0.5, 0.6) is 0 Å². The van der Waals surface area contributed by atoms with Crippen molar-refractivity contribution in [2.24, 2.45) is 0 Å². The molecule has 2 rings (SSSR count). The zero-order chi connectivity index (χ0) is 14.4. The minimum absolute atomic E-state index is 0.402. The van der Waals surface area contributed by atoms with Gasteiger partial charge >= 0.3 is 5.97 Å². The molecule has 3 nitrogen and oxygen atoms in total. The Kier molecular flexibility index (Phi) is 5.32. The molecule has 0 aliphatic heterocycles. The van der Waals surface area contributed by atoms with Crippen molar-refractivity contribution in [3.8, 4) is 0 Å². The lowest BCUT2D eigenvalue weighted by atomic mass is 10.1. The number of thiophene rings is 1. The molecule has 1 atom stereocenters. The number of rotatable bonds is 7. The molecule has 0 aliphatic carbocycles. The summed E-state index contributed by atoms with van der Waals surface area (Å²) < 4.78 is 0. The molecule has 1 heterocycles. The SMILES string of the molecule is C[C@@H](CCc1ccccc1)NCc1ccc(C(=O)O)s1. The molecule has 20 heavy (non-hydrogen) atoms. The number of aryl methyl sites for hydroxylation is 1. The number of aromatic carboxylic acids is 1. The predicted molar refractivity (Wildman–Crippen MR) is 82.3 cm³/mol. The molecule has 0 unspecified atom stereocenters. The van der Waals surface area contributed by atoms with E-state index in [-0.39, 0.29) is 0 Å². The highest BCUT2D eigenvalue weighted by Gasteiger charge is 2.08. The van der Waals surface area contributed by atoms with Crippen LogP contribution in [0.1, 0.15) is 33.5 Å². The molecule has 0 saturated heterocycles. The Hall–Kier alpha value is -1.65. The molecular formula is C16H19NO2S. The van der Waals surface area contributed by atoms with Gasteiger partial charge in [0.25, 0.3) is 0 Å². The second kappa shape index (κ2) is 7.22. The Balaban J connectivity index is 1.74. The quantitative estimate of drug-likeness (QED) is 0.819. The van der Waals surface area contributed by atoms with E-state index in [4.69, 9.17) is 5.11 Å². The summed E-state index contributed by atoms with van der Waals surface area (Å²) in [6, 6.07) is 14.4. The van der Waals surface area contributed by atoms with Gasteiger partial charge < -0.3 is 10.4 Å². The van der Waals surface area contributed by atoms with E-state index in [0.29, 0.717) is 10.9 Å². The monoisotopic (exact) mass is 289 g/mol. The first-order valence-corrected chi connectivity index (χ1v) is 7.56. The van der Waals surface area contributed by atoms with Gasteiger partial charge in [-0.25, -0.2) is 4.79 Å².